The molecule has 23 heavy (non-hydrogen) atoms. The maximum atomic E-state index is 12.5. The van der Waals surface area contributed by atoms with Crippen molar-refractivity contribution in [2.75, 3.05) is 18.1 Å². The summed E-state index contributed by atoms with van der Waals surface area (Å²) in [6.07, 6.45) is -0.609. The van der Waals surface area contributed by atoms with Gasteiger partial charge in [0.1, 0.15) is 6.10 Å². The number of sulfone groups is 1. The van der Waals surface area contributed by atoms with Crippen LogP contribution in [0.1, 0.15) is 33.3 Å². The smallest absolute Gasteiger partial charge is 0.251 e. The summed E-state index contributed by atoms with van der Waals surface area (Å²) >= 11 is 0. The van der Waals surface area contributed by atoms with Crippen LogP contribution >= 0.6 is 0 Å². The first-order valence-electron chi connectivity index (χ1n) is 7.97. The van der Waals surface area contributed by atoms with Crippen LogP contribution in [0.25, 0.3) is 0 Å². The molecule has 5 nitrogen and oxygen atoms in total. The third-order valence-corrected chi connectivity index (χ3v) is 5.65. The molecule has 0 saturated carbocycles. The van der Waals surface area contributed by atoms with E-state index in [0.717, 1.165) is 5.56 Å². The fourth-order valence-electron chi connectivity index (χ4n) is 2.36. The van der Waals surface area contributed by atoms with Crippen LogP contribution in [-0.4, -0.2) is 49.4 Å². The Morgan fingerprint density at radius 3 is 2.30 bits per heavy atom. The van der Waals surface area contributed by atoms with Crippen LogP contribution in [0, 0.1) is 0 Å². The van der Waals surface area contributed by atoms with Crippen LogP contribution in [0.2, 0.25) is 0 Å². The molecule has 0 spiro atoms. The molecule has 130 valence electrons. The minimum absolute atomic E-state index is 0.0194. The minimum atomic E-state index is -3.12. The molecular formula is C17H27NO4S. The van der Waals surface area contributed by atoms with Gasteiger partial charge in [-0.15, -0.1) is 0 Å². The molecule has 0 heterocycles. The van der Waals surface area contributed by atoms with Crippen molar-refractivity contribution < 1.29 is 17.9 Å². The molecule has 1 aromatic carbocycles. The topological polar surface area (TPSA) is 63.7 Å². The van der Waals surface area contributed by atoms with Crippen LogP contribution in [0.15, 0.2) is 30.3 Å². The van der Waals surface area contributed by atoms with Gasteiger partial charge in [0.2, 0.25) is 0 Å². The number of amides is 1. The van der Waals surface area contributed by atoms with Crippen molar-refractivity contribution in [3.05, 3.63) is 35.9 Å². The highest BCUT2D eigenvalue weighted by Crippen LogP contribution is 2.10. The quantitative estimate of drug-likeness (QED) is 0.691. The SMILES string of the molecule is CCN(C(=O)[C@@H](C)OCc1ccccc1)[C@@H](C)CS(=O)(=O)CC. The Balaban J connectivity index is 2.64. The van der Waals surface area contributed by atoms with Crippen molar-refractivity contribution >= 4 is 15.7 Å². The van der Waals surface area contributed by atoms with E-state index in [2.05, 4.69) is 0 Å². The fraction of sp³-hybridized carbons (Fsp3) is 0.588. The van der Waals surface area contributed by atoms with E-state index in [0.29, 0.717) is 13.2 Å². The Morgan fingerprint density at radius 2 is 1.78 bits per heavy atom. The van der Waals surface area contributed by atoms with Gasteiger partial charge < -0.3 is 9.64 Å². The highest BCUT2D eigenvalue weighted by Gasteiger charge is 2.27. The molecular weight excluding hydrogens is 314 g/mol. The first-order chi connectivity index (χ1) is 10.8. The number of ether oxygens (including phenoxy) is 1. The van der Waals surface area contributed by atoms with Gasteiger partial charge in [0.05, 0.1) is 12.4 Å². The lowest BCUT2D eigenvalue weighted by atomic mass is 10.2. The molecule has 0 unspecified atom stereocenters. The van der Waals surface area contributed by atoms with Gasteiger partial charge in [0, 0.05) is 18.3 Å². The summed E-state index contributed by atoms with van der Waals surface area (Å²) in [4.78, 5) is 14.1. The molecule has 1 rings (SSSR count). The van der Waals surface area contributed by atoms with Gasteiger partial charge in [-0.1, -0.05) is 37.3 Å². The van der Waals surface area contributed by atoms with Crippen molar-refractivity contribution in [3.8, 4) is 0 Å². The lowest BCUT2D eigenvalue weighted by Gasteiger charge is -2.30. The van der Waals surface area contributed by atoms with Gasteiger partial charge in [0.25, 0.3) is 5.91 Å². The van der Waals surface area contributed by atoms with Crippen LogP contribution in [-0.2, 0) is 26.0 Å². The molecule has 0 radical (unpaired) electrons. The van der Waals surface area contributed by atoms with E-state index in [1.165, 1.54) is 0 Å². The summed E-state index contributed by atoms with van der Waals surface area (Å²) in [6.45, 7) is 7.74. The largest absolute Gasteiger partial charge is 0.364 e. The first-order valence-corrected chi connectivity index (χ1v) is 9.79. The number of carbonyl (C=O) groups is 1. The highest BCUT2D eigenvalue weighted by molar-refractivity contribution is 7.91. The van der Waals surface area contributed by atoms with Gasteiger partial charge in [-0.2, -0.15) is 0 Å². The average molecular weight is 341 g/mol. The zero-order valence-electron chi connectivity index (χ0n) is 14.4. The summed E-state index contributed by atoms with van der Waals surface area (Å²) in [5.74, 6) is -0.111. The number of likely N-dealkylation sites (N-methyl/N-ethyl adjacent to an activating group) is 1. The van der Waals surface area contributed by atoms with E-state index in [-0.39, 0.29) is 23.5 Å². The normalized spacial score (nSPS) is 14.3. The average Bonchev–Trinajstić information content (AvgIpc) is 2.53. The number of hydrogen-bond acceptors (Lipinski definition) is 4. The zero-order valence-corrected chi connectivity index (χ0v) is 15.2. The van der Waals surface area contributed by atoms with Crippen LogP contribution in [0.3, 0.4) is 0 Å². The Morgan fingerprint density at radius 1 is 1.17 bits per heavy atom. The second-order valence-corrected chi connectivity index (χ2v) is 8.01. The van der Waals surface area contributed by atoms with Gasteiger partial charge in [0.15, 0.2) is 9.84 Å². The van der Waals surface area contributed by atoms with E-state index in [1.807, 2.05) is 37.3 Å². The molecule has 0 aromatic heterocycles. The molecule has 0 fully saturated rings. The number of carbonyl (C=O) groups excluding carboxylic acids is 1. The standard InChI is InChI=1S/C17H27NO4S/c1-5-18(14(3)13-23(20,21)6-2)17(19)15(4)22-12-16-10-8-7-9-11-16/h7-11,14-15H,5-6,12-13H2,1-4H3/t14-,15+/m0/s1. The lowest BCUT2D eigenvalue weighted by Crippen LogP contribution is -2.47. The summed E-state index contributed by atoms with van der Waals surface area (Å²) in [7, 11) is -3.12. The maximum absolute atomic E-state index is 12.5. The third-order valence-electron chi connectivity index (χ3n) is 3.78. The van der Waals surface area contributed by atoms with Crippen molar-refractivity contribution in [3.63, 3.8) is 0 Å². The molecule has 0 aliphatic heterocycles. The van der Waals surface area contributed by atoms with Crippen LogP contribution in [0.4, 0.5) is 0 Å². The van der Waals surface area contributed by atoms with E-state index in [1.54, 1.807) is 25.7 Å². The Hall–Kier alpha value is -1.40. The third kappa shape index (κ3) is 6.31. The van der Waals surface area contributed by atoms with Crippen molar-refractivity contribution in [2.24, 2.45) is 0 Å². The molecule has 6 heteroatoms. The van der Waals surface area contributed by atoms with Crippen molar-refractivity contribution in [1.82, 2.24) is 4.90 Å². The predicted octanol–water partition coefficient (Wildman–Crippen LogP) is 2.26. The molecule has 1 aromatic rings. The second-order valence-electron chi connectivity index (χ2n) is 5.61. The molecule has 2 atom stereocenters. The molecule has 0 aliphatic rings. The van der Waals surface area contributed by atoms with Crippen molar-refractivity contribution in [1.29, 1.82) is 0 Å². The van der Waals surface area contributed by atoms with Gasteiger partial charge in [-0.05, 0) is 26.3 Å². The molecule has 1 amide bonds. The zero-order chi connectivity index (χ0) is 17.5. The van der Waals surface area contributed by atoms with Gasteiger partial charge in [-0.3, -0.25) is 4.79 Å². The highest BCUT2D eigenvalue weighted by atomic mass is 32.2. The van der Waals surface area contributed by atoms with Gasteiger partial charge in [-0.25, -0.2) is 8.42 Å². The number of benzene rings is 1. The van der Waals surface area contributed by atoms with E-state index in [4.69, 9.17) is 4.74 Å². The minimum Gasteiger partial charge on any atom is -0.364 e. The van der Waals surface area contributed by atoms with E-state index in [9.17, 15) is 13.2 Å². The Labute approximate surface area is 139 Å². The number of hydrogen-bond donors (Lipinski definition) is 0. The molecule has 0 saturated heterocycles. The van der Waals surface area contributed by atoms with Crippen molar-refractivity contribution in [2.45, 2.75) is 46.4 Å². The first kappa shape index (κ1) is 19.6. The van der Waals surface area contributed by atoms with Crippen LogP contribution < -0.4 is 0 Å². The number of rotatable bonds is 9. The maximum Gasteiger partial charge on any atom is 0.251 e. The molecule has 0 N–H and O–H groups in total. The second kappa shape index (κ2) is 9.03. The van der Waals surface area contributed by atoms with E-state index < -0.39 is 15.9 Å². The predicted molar refractivity (Wildman–Crippen MR) is 91.9 cm³/mol. The van der Waals surface area contributed by atoms with E-state index >= 15 is 0 Å². The van der Waals surface area contributed by atoms with Gasteiger partial charge >= 0.3 is 0 Å². The van der Waals surface area contributed by atoms with Crippen LogP contribution in [0.5, 0.6) is 0 Å². The Bertz CT molecular complexity index is 586. The number of nitrogens with zero attached hydrogens (tertiary/aromatic N) is 1. The molecule has 0 bridgehead atoms. The fourth-order valence-corrected chi connectivity index (χ4v) is 3.51. The summed E-state index contributed by atoms with van der Waals surface area (Å²) in [5.41, 5.74) is 0.997. The summed E-state index contributed by atoms with van der Waals surface area (Å²) < 4.78 is 29.2. The molecule has 0 aliphatic carbocycles. The summed E-state index contributed by atoms with van der Waals surface area (Å²) in [5, 5.41) is 0. The Kier molecular flexibility index (Phi) is 7.72. The monoisotopic (exact) mass is 341 g/mol. The summed E-state index contributed by atoms with van der Waals surface area (Å²) in [6, 6.07) is 9.27. The lowest BCUT2D eigenvalue weighted by molar-refractivity contribution is -0.144.